The number of nitrogens with zero attached hydrogens (tertiary/aromatic N) is 1. The summed E-state index contributed by atoms with van der Waals surface area (Å²) in [6.45, 7) is 4.69. The summed E-state index contributed by atoms with van der Waals surface area (Å²) < 4.78 is 0. The van der Waals surface area contributed by atoms with Crippen molar-refractivity contribution in [2.24, 2.45) is 0 Å². The third-order valence-corrected chi connectivity index (χ3v) is 3.84. The number of carbonyl (C=O) groups is 1. The number of hydrogen-bond acceptors (Lipinski definition) is 2. The van der Waals surface area contributed by atoms with Gasteiger partial charge in [0.15, 0.2) is 0 Å². The molecule has 1 saturated heterocycles. The molecule has 2 heterocycles. The summed E-state index contributed by atoms with van der Waals surface area (Å²) in [5.41, 5.74) is 1.71. The van der Waals surface area contributed by atoms with Gasteiger partial charge in [0.1, 0.15) is 5.69 Å². The van der Waals surface area contributed by atoms with Crippen molar-refractivity contribution < 1.29 is 4.79 Å². The van der Waals surface area contributed by atoms with Gasteiger partial charge >= 0.3 is 0 Å². The molecule has 0 spiro atoms. The Morgan fingerprint density at radius 3 is 2.95 bits per heavy atom. The van der Waals surface area contributed by atoms with Crippen molar-refractivity contribution in [3.05, 3.63) is 36.0 Å². The SMILES string of the molecule is CCN(C(=O)c1cc2ccccc2[nH]1)C1CCNC1. The van der Waals surface area contributed by atoms with Crippen LogP contribution < -0.4 is 5.32 Å². The van der Waals surface area contributed by atoms with Crippen molar-refractivity contribution in [1.29, 1.82) is 0 Å². The van der Waals surface area contributed by atoms with Crippen molar-refractivity contribution in [2.75, 3.05) is 19.6 Å². The molecular formula is C15H19N3O. The molecule has 1 aromatic heterocycles. The van der Waals surface area contributed by atoms with Crippen LogP contribution in [-0.4, -0.2) is 41.5 Å². The van der Waals surface area contributed by atoms with Crippen LogP contribution in [0.15, 0.2) is 30.3 Å². The Labute approximate surface area is 112 Å². The van der Waals surface area contributed by atoms with Gasteiger partial charge in [-0.25, -0.2) is 0 Å². The van der Waals surface area contributed by atoms with Gasteiger partial charge in [0.05, 0.1) is 0 Å². The van der Waals surface area contributed by atoms with Crippen molar-refractivity contribution in [3.63, 3.8) is 0 Å². The molecule has 1 fully saturated rings. The number of benzene rings is 1. The van der Waals surface area contributed by atoms with Crippen LogP contribution in [-0.2, 0) is 0 Å². The van der Waals surface area contributed by atoms with Gasteiger partial charge in [-0.1, -0.05) is 18.2 Å². The highest BCUT2D eigenvalue weighted by Crippen LogP contribution is 2.18. The van der Waals surface area contributed by atoms with E-state index in [0.29, 0.717) is 11.7 Å². The molecule has 1 unspecified atom stereocenters. The Morgan fingerprint density at radius 1 is 1.42 bits per heavy atom. The Hall–Kier alpha value is -1.81. The fraction of sp³-hybridized carbons (Fsp3) is 0.400. The van der Waals surface area contributed by atoms with E-state index in [4.69, 9.17) is 0 Å². The Bertz CT molecular complexity index is 551. The predicted molar refractivity (Wildman–Crippen MR) is 76.3 cm³/mol. The molecule has 0 saturated carbocycles. The number of para-hydroxylation sites is 1. The maximum absolute atomic E-state index is 12.6. The lowest BCUT2D eigenvalue weighted by atomic mass is 10.2. The Kier molecular flexibility index (Phi) is 3.25. The standard InChI is InChI=1S/C15H19N3O/c1-2-18(12-7-8-16-10-12)15(19)14-9-11-5-3-4-6-13(11)17-14/h3-6,9,12,16-17H,2,7-8,10H2,1H3. The van der Waals surface area contributed by atoms with Crippen molar-refractivity contribution >= 4 is 16.8 Å². The summed E-state index contributed by atoms with van der Waals surface area (Å²) in [7, 11) is 0. The van der Waals surface area contributed by atoms with E-state index in [1.807, 2.05) is 42.2 Å². The van der Waals surface area contributed by atoms with Gasteiger partial charge in [-0.3, -0.25) is 4.79 Å². The molecule has 0 radical (unpaired) electrons. The van der Waals surface area contributed by atoms with Gasteiger partial charge in [-0.15, -0.1) is 0 Å². The number of H-pyrrole nitrogens is 1. The van der Waals surface area contributed by atoms with E-state index in [0.717, 1.165) is 37.0 Å². The minimum atomic E-state index is 0.104. The number of carbonyl (C=O) groups excluding carboxylic acids is 1. The van der Waals surface area contributed by atoms with Crippen molar-refractivity contribution in [1.82, 2.24) is 15.2 Å². The highest BCUT2D eigenvalue weighted by Gasteiger charge is 2.26. The number of likely N-dealkylation sites (N-methyl/N-ethyl adjacent to an activating group) is 1. The first kappa shape index (κ1) is 12.2. The molecule has 1 aromatic carbocycles. The monoisotopic (exact) mass is 257 g/mol. The van der Waals surface area contributed by atoms with Gasteiger partial charge in [0, 0.05) is 30.0 Å². The summed E-state index contributed by atoms with van der Waals surface area (Å²) in [6.07, 6.45) is 1.04. The summed E-state index contributed by atoms with van der Waals surface area (Å²) in [6, 6.07) is 10.3. The Balaban J connectivity index is 1.88. The number of aromatic nitrogens is 1. The highest BCUT2D eigenvalue weighted by atomic mass is 16.2. The largest absolute Gasteiger partial charge is 0.351 e. The predicted octanol–water partition coefficient (Wildman–Crippen LogP) is 1.99. The van der Waals surface area contributed by atoms with E-state index in [2.05, 4.69) is 10.3 Å². The average Bonchev–Trinajstić information content (AvgIpc) is 3.08. The van der Waals surface area contributed by atoms with Crippen LogP contribution in [0.2, 0.25) is 0 Å². The lowest BCUT2D eigenvalue weighted by molar-refractivity contribution is 0.0698. The van der Waals surface area contributed by atoms with Crippen LogP contribution in [0.1, 0.15) is 23.8 Å². The molecule has 1 aliphatic heterocycles. The zero-order valence-corrected chi connectivity index (χ0v) is 11.1. The second-order valence-corrected chi connectivity index (χ2v) is 5.01. The van der Waals surface area contributed by atoms with Crippen molar-refractivity contribution in [3.8, 4) is 0 Å². The molecule has 0 bridgehead atoms. The number of aromatic amines is 1. The maximum Gasteiger partial charge on any atom is 0.270 e. The van der Waals surface area contributed by atoms with Gasteiger partial charge in [0.25, 0.3) is 5.91 Å². The molecule has 1 aliphatic rings. The van der Waals surface area contributed by atoms with Crippen LogP contribution in [0.3, 0.4) is 0 Å². The van der Waals surface area contributed by atoms with E-state index in [9.17, 15) is 4.79 Å². The van der Waals surface area contributed by atoms with E-state index < -0.39 is 0 Å². The summed E-state index contributed by atoms with van der Waals surface area (Å²) >= 11 is 0. The lowest BCUT2D eigenvalue weighted by Gasteiger charge is -2.26. The number of fused-ring (bicyclic) bond motifs is 1. The van der Waals surface area contributed by atoms with Gasteiger partial charge in [0.2, 0.25) is 0 Å². The second-order valence-electron chi connectivity index (χ2n) is 5.01. The zero-order valence-electron chi connectivity index (χ0n) is 11.1. The topological polar surface area (TPSA) is 48.1 Å². The zero-order chi connectivity index (χ0) is 13.2. The molecular weight excluding hydrogens is 238 g/mol. The van der Waals surface area contributed by atoms with Gasteiger partial charge in [-0.05, 0) is 32.0 Å². The smallest absolute Gasteiger partial charge is 0.270 e. The number of nitrogens with one attached hydrogen (secondary N) is 2. The molecule has 19 heavy (non-hydrogen) atoms. The second kappa shape index (κ2) is 5.05. The minimum absolute atomic E-state index is 0.104. The van der Waals surface area contributed by atoms with Gasteiger partial charge < -0.3 is 15.2 Å². The molecule has 1 amide bonds. The Morgan fingerprint density at radius 2 is 2.26 bits per heavy atom. The summed E-state index contributed by atoms with van der Waals surface area (Å²) in [5.74, 6) is 0.104. The molecule has 1 atom stereocenters. The number of amides is 1. The molecule has 100 valence electrons. The van der Waals surface area contributed by atoms with Gasteiger partial charge in [-0.2, -0.15) is 0 Å². The van der Waals surface area contributed by atoms with Crippen LogP contribution in [0.5, 0.6) is 0 Å². The molecule has 2 aromatic rings. The molecule has 4 nitrogen and oxygen atoms in total. The number of rotatable bonds is 3. The quantitative estimate of drug-likeness (QED) is 0.883. The first-order valence-electron chi connectivity index (χ1n) is 6.89. The number of hydrogen-bond donors (Lipinski definition) is 2. The fourth-order valence-electron chi connectivity index (χ4n) is 2.82. The van der Waals surface area contributed by atoms with Crippen LogP contribution in [0.4, 0.5) is 0 Å². The van der Waals surface area contributed by atoms with E-state index in [-0.39, 0.29) is 5.91 Å². The average molecular weight is 257 g/mol. The van der Waals surface area contributed by atoms with E-state index in [1.54, 1.807) is 0 Å². The van der Waals surface area contributed by atoms with E-state index >= 15 is 0 Å². The summed E-state index contributed by atoms with van der Waals surface area (Å²) in [4.78, 5) is 17.8. The highest BCUT2D eigenvalue weighted by molar-refractivity contribution is 5.98. The summed E-state index contributed by atoms with van der Waals surface area (Å²) in [5, 5.41) is 4.41. The van der Waals surface area contributed by atoms with Crippen LogP contribution in [0.25, 0.3) is 10.9 Å². The first-order chi connectivity index (χ1) is 9.29. The normalized spacial score (nSPS) is 18.9. The maximum atomic E-state index is 12.6. The third kappa shape index (κ3) is 2.24. The molecule has 3 rings (SSSR count). The lowest BCUT2D eigenvalue weighted by Crippen LogP contribution is -2.41. The van der Waals surface area contributed by atoms with Crippen LogP contribution in [0, 0.1) is 0 Å². The third-order valence-electron chi connectivity index (χ3n) is 3.84. The fourth-order valence-corrected chi connectivity index (χ4v) is 2.82. The molecule has 2 N–H and O–H groups in total. The molecule has 4 heteroatoms. The first-order valence-corrected chi connectivity index (χ1v) is 6.89. The van der Waals surface area contributed by atoms with Crippen molar-refractivity contribution in [2.45, 2.75) is 19.4 Å². The molecule has 0 aliphatic carbocycles. The minimum Gasteiger partial charge on any atom is -0.351 e. The van der Waals surface area contributed by atoms with E-state index in [1.165, 1.54) is 0 Å². The van der Waals surface area contributed by atoms with Crippen LogP contribution >= 0.6 is 0 Å².